The second kappa shape index (κ2) is 7.12. The molecule has 27 heavy (non-hydrogen) atoms. The van der Waals surface area contributed by atoms with Crippen molar-refractivity contribution in [2.45, 2.75) is 63.6 Å². The number of benzene rings is 1. The molecule has 2 amide bonds. The number of carbonyl (C=O) groups excluding carboxylic acids is 1. The number of nitrogens with zero attached hydrogens (tertiary/aromatic N) is 2. The van der Waals surface area contributed by atoms with Crippen LogP contribution in [0.2, 0.25) is 0 Å². The van der Waals surface area contributed by atoms with Gasteiger partial charge in [-0.3, -0.25) is 4.90 Å². The molecule has 2 bridgehead atoms. The maximum absolute atomic E-state index is 13.0. The fourth-order valence-corrected chi connectivity index (χ4v) is 6.10. The van der Waals surface area contributed by atoms with Gasteiger partial charge in [0.2, 0.25) is 0 Å². The summed E-state index contributed by atoms with van der Waals surface area (Å²) >= 11 is 0. The molecule has 3 aliphatic heterocycles. The van der Waals surface area contributed by atoms with Gasteiger partial charge in [-0.05, 0) is 62.3 Å². The minimum absolute atomic E-state index is 0.0610. The SMILES string of the molecule is C[C@@H](NC(=O)N1C[C@@H]2C[C@H](C1)[C@@H]1CCC[C@H](C3CC3)N1C2)c1ccccc1. The van der Waals surface area contributed by atoms with E-state index < -0.39 is 0 Å². The number of hydrogen-bond acceptors (Lipinski definition) is 2. The van der Waals surface area contributed by atoms with E-state index in [9.17, 15) is 4.79 Å². The molecule has 0 aromatic heterocycles. The summed E-state index contributed by atoms with van der Waals surface area (Å²) in [5, 5.41) is 3.24. The second-order valence-corrected chi connectivity index (χ2v) is 9.45. The van der Waals surface area contributed by atoms with Crippen LogP contribution < -0.4 is 5.32 Å². The number of hydrogen-bond donors (Lipinski definition) is 1. The summed E-state index contributed by atoms with van der Waals surface area (Å²) in [7, 11) is 0. The molecule has 5 rings (SSSR count). The number of urea groups is 1. The predicted molar refractivity (Wildman–Crippen MR) is 107 cm³/mol. The first-order valence-corrected chi connectivity index (χ1v) is 11.0. The summed E-state index contributed by atoms with van der Waals surface area (Å²) in [6.45, 7) is 5.19. The molecule has 1 N–H and O–H groups in total. The summed E-state index contributed by atoms with van der Waals surface area (Å²) in [5.41, 5.74) is 1.17. The van der Waals surface area contributed by atoms with Gasteiger partial charge in [0.1, 0.15) is 0 Å². The monoisotopic (exact) mass is 367 g/mol. The number of rotatable bonds is 3. The Balaban J connectivity index is 1.24. The Morgan fingerprint density at radius 2 is 1.74 bits per heavy atom. The average Bonchev–Trinajstić information content (AvgIpc) is 3.53. The highest BCUT2D eigenvalue weighted by molar-refractivity contribution is 5.75. The van der Waals surface area contributed by atoms with E-state index in [-0.39, 0.29) is 12.1 Å². The first-order chi connectivity index (χ1) is 13.2. The summed E-state index contributed by atoms with van der Waals surface area (Å²) < 4.78 is 0. The van der Waals surface area contributed by atoms with Gasteiger partial charge in [-0.2, -0.15) is 0 Å². The predicted octanol–water partition coefficient (Wildman–Crippen LogP) is 4.04. The highest BCUT2D eigenvalue weighted by atomic mass is 16.2. The molecule has 1 aromatic rings. The number of carbonyl (C=O) groups is 1. The zero-order valence-electron chi connectivity index (χ0n) is 16.5. The van der Waals surface area contributed by atoms with E-state index in [1.54, 1.807) is 0 Å². The maximum Gasteiger partial charge on any atom is 0.317 e. The number of amides is 2. The molecule has 0 spiro atoms. The quantitative estimate of drug-likeness (QED) is 0.875. The Morgan fingerprint density at radius 1 is 1.00 bits per heavy atom. The van der Waals surface area contributed by atoms with Gasteiger partial charge in [0, 0.05) is 31.7 Å². The van der Waals surface area contributed by atoms with Crippen LogP contribution >= 0.6 is 0 Å². The van der Waals surface area contributed by atoms with Gasteiger partial charge >= 0.3 is 6.03 Å². The van der Waals surface area contributed by atoms with Crippen molar-refractivity contribution in [1.82, 2.24) is 15.1 Å². The molecule has 3 saturated heterocycles. The third-order valence-electron chi connectivity index (χ3n) is 7.53. The molecule has 5 atom stereocenters. The maximum atomic E-state index is 13.0. The Bertz CT molecular complexity index is 673. The molecule has 1 saturated carbocycles. The van der Waals surface area contributed by atoms with E-state index in [1.165, 1.54) is 50.6 Å². The van der Waals surface area contributed by atoms with Crippen molar-refractivity contribution in [3.05, 3.63) is 35.9 Å². The van der Waals surface area contributed by atoms with Gasteiger partial charge in [0.15, 0.2) is 0 Å². The van der Waals surface area contributed by atoms with Crippen molar-refractivity contribution in [1.29, 1.82) is 0 Å². The van der Waals surface area contributed by atoms with E-state index in [4.69, 9.17) is 0 Å². The van der Waals surface area contributed by atoms with Crippen LogP contribution in [0, 0.1) is 17.8 Å². The van der Waals surface area contributed by atoms with Crippen molar-refractivity contribution < 1.29 is 4.79 Å². The van der Waals surface area contributed by atoms with Crippen molar-refractivity contribution in [2.75, 3.05) is 19.6 Å². The zero-order chi connectivity index (χ0) is 18.4. The highest BCUT2D eigenvalue weighted by Gasteiger charge is 2.48. The van der Waals surface area contributed by atoms with Crippen LogP contribution in [0.1, 0.15) is 57.1 Å². The van der Waals surface area contributed by atoms with Gasteiger partial charge in [0.05, 0.1) is 6.04 Å². The number of piperidine rings is 3. The Kier molecular flexibility index (Phi) is 4.63. The standard InChI is InChI=1S/C23H33N3O/c1-16(18-6-3-2-4-7-18)24-23(27)25-13-17-12-20(15-25)22-9-5-8-21(19-10-11-19)26(22)14-17/h2-4,6-7,16-17,19-22H,5,8-15H2,1H3,(H,24,27)/t16-,17+,20-,21-,22+/m1/s1. The lowest BCUT2D eigenvalue weighted by Crippen LogP contribution is -2.63. The van der Waals surface area contributed by atoms with Crippen LogP contribution in [0.5, 0.6) is 0 Å². The molecule has 4 fully saturated rings. The topological polar surface area (TPSA) is 35.6 Å². The summed E-state index contributed by atoms with van der Waals surface area (Å²) in [4.78, 5) is 18.0. The molecule has 4 heteroatoms. The van der Waals surface area contributed by atoms with Crippen LogP contribution in [0.3, 0.4) is 0 Å². The molecule has 3 heterocycles. The minimum atomic E-state index is 0.0610. The Morgan fingerprint density at radius 3 is 2.48 bits per heavy atom. The lowest BCUT2D eigenvalue weighted by molar-refractivity contribution is -0.0526. The molecule has 0 unspecified atom stereocenters. The second-order valence-electron chi connectivity index (χ2n) is 9.45. The van der Waals surface area contributed by atoms with E-state index >= 15 is 0 Å². The van der Waals surface area contributed by atoms with E-state index in [0.29, 0.717) is 11.8 Å². The lowest BCUT2D eigenvalue weighted by Gasteiger charge is -2.55. The van der Waals surface area contributed by atoms with Gasteiger partial charge in [-0.25, -0.2) is 4.79 Å². The minimum Gasteiger partial charge on any atom is -0.331 e. The third kappa shape index (κ3) is 3.49. The lowest BCUT2D eigenvalue weighted by atomic mass is 9.74. The first kappa shape index (κ1) is 17.5. The van der Waals surface area contributed by atoms with Crippen LogP contribution in [-0.4, -0.2) is 47.5 Å². The zero-order valence-corrected chi connectivity index (χ0v) is 16.5. The van der Waals surface area contributed by atoms with Gasteiger partial charge in [0.25, 0.3) is 0 Å². The fourth-order valence-electron chi connectivity index (χ4n) is 6.10. The fraction of sp³-hybridized carbons (Fsp3) is 0.696. The molecule has 4 nitrogen and oxygen atoms in total. The number of nitrogens with one attached hydrogen (secondary N) is 1. The van der Waals surface area contributed by atoms with E-state index in [1.807, 2.05) is 18.2 Å². The van der Waals surface area contributed by atoms with E-state index in [2.05, 4.69) is 34.2 Å². The van der Waals surface area contributed by atoms with Crippen molar-refractivity contribution >= 4 is 6.03 Å². The molecule has 146 valence electrons. The summed E-state index contributed by atoms with van der Waals surface area (Å²) in [5.74, 6) is 2.33. The molecular formula is C23H33N3O. The normalized spacial score (nSPS) is 34.6. The van der Waals surface area contributed by atoms with Crippen LogP contribution in [0.25, 0.3) is 0 Å². The molecule has 1 aromatic carbocycles. The molecular weight excluding hydrogens is 334 g/mol. The van der Waals surface area contributed by atoms with Gasteiger partial charge < -0.3 is 10.2 Å². The third-order valence-corrected chi connectivity index (χ3v) is 7.53. The van der Waals surface area contributed by atoms with Gasteiger partial charge in [-0.15, -0.1) is 0 Å². The van der Waals surface area contributed by atoms with Crippen LogP contribution in [0.15, 0.2) is 30.3 Å². The first-order valence-electron chi connectivity index (χ1n) is 11.0. The number of fused-ring (bicyclic) bond motifs is 4. The van der Waals surface area contributed by atoms with Crippen LogP contribution in [0.4, 0.5) is 4.79 Å². The van der Waals surface area contributed by atoms with E-state index in [0.717, 1.165) is 31.1 Å². The largest absolute Gasteiger partial charge is 0.331 e. The van der Waals surface area contributed by atoms with Crippen molar-refractivity contribution in [2.24, 2.45) is 17.8 Å². The van der Waals surface area contributed by atoms with Crippen molar-refractivity contribution in [3.8, 4) is 0 Å². The average molecular weight is 368 g/mol. The summed E-state index contributed by atoms with van der Waals surface area (Å²) in [6.07, 6.45) is 8.39. The van der Waals surface area contributed by atoms with Crippen LogP contribution in [-0.2, 0) is 0 Å². The number of likely N-dealkylation sites (tertiary alicyclic amines) is 1. The molecule has 0 radical (unpaired) electrons. The molecule has 1 aliphatic carbocycles. The van der Waals surface area contributed by atoms with Crippen molar-refractivity contribution in [3.63, 3.8) is 0 Å². The highest BCUT2D eigenvalue weighted by Crippen LogP contribution is 2.46. The summed E-state index contributed by atoms with van der Waals surface area (Å²) in [6, 6.07) is 12.1. The van der Waals surface area contributed by atoms with Gasteiger partial charge in [-0.1, -0.05) is 36.8 Å². The molecule has 4 aliphatic rings. The smallest absolute Gasteiger partial charge is 0.317 e. The Hall–Kier alpha value is -1.55. The Labute approximate surface area is 163 Å².